The van der Waals surface area contributed by atoms with Crippen molar-refractivity contribution in [2.45, 2.75) is 12.8 Å². The molecule has 0 heterocycles. The van der Waals surface area contributed by atoms with Crippen molar-refractivity contribution in [2.24, 2.45) is 5.92 Å². The summed E-state index contributed by atoms with van der Waals surface area (Å²) in [4.78, 5) is 35.3. The lowest BCUT2D eigenvalue weighted by atomic mass is 9.83. The number of rotatable bonds is 5. The summed E-state index contributed by atoms with van der Waals surface area (Å²) in [6, 6.07) is 8.55. The molecule has 1 rings (SSSR count). The molecule has 0 aliphatic carbocycles. The zero-order valence-corrected chi connectivity index (χ0v) is 11.1. The lowest BCUT2D eigenvalue weighted by molar-refractivity contribution is -0.157. The molecule has 0 saturated carbocycles. The van der Waals surface area contributed by atoms with Gasteiger partial charge in [0.2, 0.25) is 0 Å². The highest BCUT2D eigenvalue weighted by Gasteiger charge is 2.39. The van der Waals surface area contributed by atoms with Crippen LogP contribution in [0, 0.1) is 5.92 Å². The van der Waals surface area contributed by atoms with Gasteiger partial charge in [0.05, 0.1) is 14.2 Å². The Morgan fingerprint density at radius 2 is 1.47 bits per heavy atom. The summed E-state index contributed by atoms with van der Waals surface area (Å²) in [5.41, 5.74) is 0.542. The van der Waals surface area contributed by atoms with Crippen LogP contribution in [0.4, 0.5) is 0 Å². The Morgan fingerprint density at radius 1 is 0.947 bits per heavy atom. The van der Waals surface area contributed by atoms with Gasteiger partial charge in [-0.15, -0.1) is 0 Å². The Balaban J connectivity index is 3.26. The van der Waals surface area contributed by atoms with Crippen LogP contribution in [-0.2, 0) is 23.9 Å². The first-order chi connectivity index (χ1) is 9.02. The Bertz CT molecular complexity index is 466. The van der Waals surface area contributed by atoms with Crippen molar-refractivity contribution in [2.75, 3.05) is 14.2 Å². The van der Waals surface area contributed by atoms with Crippen molar-refractivity contribution in [3.05, 3.63) is 35.9 Å². The summed E-state index contributed by atoms with van der Waals surface area (Å²) in [6.45, 7) is 1.25. The minimum atomic E-state index is -1.19. The Morgan fingerprint density at radius 3 is 1.89 bits per heavy atom. The van der Waals surface area contributed by atoms with Gasteiger partial charge < -0.3 is 9.47 Å². The molecular weight excluding hydrogens is 248 g/mol. The van der Waals surface area contributed by atoms with Crippen LogP contribution in [-0.4, -0.2) is 31.9 Å². The predicted molar refractivity (Wildman–Crippen MR) is 67.4 cm³/mol. The van der Waals surface area contributed by atoms with Crippen molar-refractivity contribution in [1.82, 2.24) is 0 Å². The van der Waals surface area contributed by atoms with E-state index in [0.717, 1.165) is 0 Å². The van der Waals surface area contributed by atoms with Gasteiger partial charge in [0, 0.05) is 0 Å². The third kappa shape index (κ3) is 3.40. The van der Waals surface area contributed by atoms with E-state index in [1.807, 2.05) is 0 Å². The van der Waals surface area contributed by atoms with E-state index in [4.69, 9.17) is 4.74 Å². The molecule has 102 valence electrons. The average molecular weight is 264 g/mol. The number of hydrogen-bond donors (Lipinski definition) is 0. The summed E-state index contributed by atoms with van der Waals surface area (Å²) >= 11 is 0. The van der Waals surface area contributed by atoms with Crippen molar-refractivity contribution in [1.29, 1.82) is 0 Å². The van der Waals surface area contributed by atoms with Crippen LogP contribution in [0.1, 0.15) is 18.4 Å². The summed E-state index contributed by atoms with van der Waals surface area (Å²) < 4.78 is 9.30. The van der Waals surface area contributed by atoms with Gasteiger partial charge in [-0.1, -0.05) is 30.3 Å². The molecule has 0 bridgehead atoms. The van der Waals surface area contributed by atoms with E-state index in [9.17, 15) is 14.4 Å². The molecule has 0 saturated heterocycles. The maximum atomic E-state index is 11.9. The molecule has 0 amide bonds. The van der Waals surface area contributed by atoms with E-state index in [1.165, 1.54) is 21.1 Å². The molecule has 1 aromatic carbocycles. The number of benzene rings is 1. The summed E-state index contributed by atoms with van der Waals surface area (Å²) in [7, 11) is 2.39. The third-order valence-electron chi connectivity index (χ3n) is 2.84. The molecule has 0 radical (unpaired) electrons. The second kappa shape index (κ2) is 6.68. The van der Waals surface area contributed by atoms with Crippen LogP contribution in [0.2, 0.25) is 0 Å². The summed E-state index contributed by atoms with van der Waals surface area (Å²) in [6.07, 6.45) is 0. The van der Waals surface area contributed by atoms with E-state index in [0.29, 0.717) is 5.56 Å². The van der Waals surface area contributed by atoms with Crippen LogP contribution < -0.4 is 0 Å². The van der Waals surface area contributed by atoms with E-state index >= 15 is 0 Å². The topological polar surface area (TPSA) is 69.7 Å². The first-order valence-corrected chi connectivity index (χ1v) is 5.74. The normalized spacial score (nSPS) is 13.2. The fourth-order valence-corrected chi connectivity index (χ4v) is 1.92. The minimum Gasteiger partial charge on any atom is -0.469 e. The molecule has 2 atom stereocenters. The molecular formula is C14H16O5. The van der Waals surface area contributed by atoms with E-state index in [2.05, 4.69) is 4.74 Å². The van der Waals surface area contributed by atoms with Gasteiger partial charge >= 0.3 is 11.9 Å². The zero-order chi connectivity index (χ0) is 14.4. The van der Waals surface area contributed by atoms with Gasteiger partial charge in [-0.2, -0.15) is 0 Å². The molecule has 0 N–H and O–H groups in total. The largest absolute Gasteiger partial charge is 0.469 e. The molecule has 5 heteroatoms. The maximum absolute atomic E-state index is 11.9. The number of ketones is 1. The average Bonchev–Trinajstić information content (AvgIpc) is 2.43. The predicted octanol–water partition coefficient (Wildman–Crippen LogP) is 1.32. The molecule has 0 aromatic heterocycles. The number of carbonyl (C=O) groups is 3. The quantitative estimate of drug-likeness (QED) is 0.592. The molecule has 0 aliphatic rings. The maximum Gasteiger partial charge on any atom is 0.317 e. The number of ether oxygens (including phenoxy) is 2. The highest BCUT2D eigenvalue weighted by atomic mass is 16.5. The van der Waals surface area contributed by atoms with Crippen molar-refractivity contribution in [3.8, 4) is 0 Å². The van der Waals surface area contributed by atoms with E-state index in [-0.39, 0.29) is 0 Å². The van der Waals surface area contributed by atoms with Crippen molar-refractivity contribution < 1.29 is 23.9 Å². The summed E-state index contributed by atoms with van der Waals surface area (Å²) in [5, 5.41) is 0. The third-order valence-corrected chi connectivity index (χ3v) is 2.84. The highest BCUT2D eigenvalue weighted by molar-refractivity contribution is 6.03. The van der Waals surface area contributed by atoms with Gasteiger partial charge in [0.25, 0.3) is 0 Å². The number of Topliss-reactive ketones (excluding diaryl/α,β-unsaturated/α-hetero) is 1. The van der Waals surface area contributed by atoms with Crippen molar-refractivity contribution in [3.63, 3.8) is 0 Å². The monoisotopic (exact) mass is 264 g/mol. The lowest BCUT2D eigenvalue weighted by Crippen LogP contribution is -2.34. The molecule has 1 aromatic rings. The van der Waals surface area contributed by atoms with Crippen LogP contribution in [0.25, 0.3) is 0 Å². The second-order valence-electron chi connectivity index (χ2n) is 4.02. The second-order valence-corrected chi connectivity index (χ2v) is 4.02. The Labute approximate surface area is 111 Å². The first kappa shape index (κ1) is 14.9. The zero-order valence-electron chi connectivity index (χ0n) is 11.1. The number of hydrogen-bond acceptors (Lipinski definition) is 5. The van der Waals surface area contributed by atoms with Crippen LogP contribution in [0.3, 0.4) is 0 Å². The van der Waals surface area contributed by atoms with Gasteiger partial charge in [-0.3, -0.25) is 14.4 Å². The van der Waals surface area contributed by atoms with E-state index < -0.39 is 29.6 Å². The fraction of sp³-hybridized carbons (Fsp3) is 0.357. The molecule has 2 unspecified atom stereocenters. The number of esters is 2. The molecule has 0 aliphatic heterocycles. The molecule has 19 heavy (non-hydrogen) atoms. The van der Waals surface area contributed by atoms with Gasteiger partial charge in [0.15, 0.2) is 0 Å². The summed E-state index contributed by atoms with van der Waals surface area (Å²) in [5.74, 6) is -4.01. The standard InChI is InChI=1S/C14H16O5/c1-9(15)11(13(16)18-2)12(14(17)19-3)10-7-5-4-6-8-10/h4-8,11-12H,1-3H3. The van der Waals surface area contributed by atoms with E-state index in [1.54, 1.807) is 30.3 Å². The fourth-order valence-electron chi connectivity index (χ4n) is 1.92. The minimum absolute atomic E-state index is 0.439. The van der Waals surface area contributed by atoms with Crippen LogP contribution in [0.15, 0.2) is 30.3 Å². The Hall–Kier alpha value is -2.17. The highest BCUT2D eigenvalue weighted by Crippen LogP contribution is 2.28. The first-order valence-electron chi connectivity index (χ1n) is 5.74. The molecule has 0 spiro atoms. The lowest BCUT2D eigenvalue weighted by Gasteiger charge is -2.21. The molecule has 5 nitrogen and oxygen atoms in total. The van der Waals surface area contributed by atoms with Gasteiger partial charge in [-0.25, -0.2) is 0 Å². The Kier molecular flexibility index (Phi) is 5.23. The van der Waals surface area contributed by atoms with Gasteiger partial charge in [-0.05, 0) is 12.5 Å². The van der Waals surface area contributed by atoms with Crippen LogP contribution >= 0.6 is 0 Å². The van der Waals surface area contributed by atoms with Crippen molar-refractivity contribution >= 4 is 17.7 Å². The SMILES string of the molecule is COC(=O)C(C(C)=O)C(C(=O)OC)c1ccccc1. The van der Waals surface area contributed by atoms with Crippen LogP contribution in [0.5, 0.6) is 0 Å². The molecule has 0 fully saturated rings. The smallest absolute Gasteiger partial charge is 0.317 e. The number of methoxy groups -OCH3 is 2. The van der Waals surface area contributed by atoms with Gasteiger partial charge in [0.1, 0.15) is 17.6 Å². The number of carbonyl (C=O) groups excluding carboxylic acids is 3.